The molecule has 2 amide bonds. The van der Waals surface area contributed by atoms with Gasteiger partial charge in [0.15, 0.2) is 4.34 Å². The zero-order valence-electron chi connectivity index (χ0n) is 14.2. The van der Waals surface area contributed by atoms with Crippen molar-refractivity contribution in [3.63, 3.8) is 0 Å². The van der Waals surface area contributed by atoms with Crippen molar-refractivity contribution in [1.29, 1.82) is 0 Å². The summed E-state index contributed by atoms with van der Waals surface area (Å²) in [4.78, 5) is 25.6. The average Bonchev–Trinajstić information content (AvgIpc) is 3.31. The highest BCUT2D eigenvalue weighted by Crippen LogP contribution is 2.35. The van der Waals surface area contributed by atoms with Gasteiger partial charge in [-0.05, 0) is 30.9 Å². The van der Waals surface area contributed by atoms with E-state index in [4.69, 9.17) is 0 Å². The van der Waals surface area contributed by atoms with Crippen molar-refractivity contribution in [2.75, 3.05) is 16.0 Å². The third-order valence-electron chi connectivity index (χ3n) is 3.85. The van der Waals surface area contributed by atoms with Crippen molar-refractivity contribution < 1.29 is 9.59 Å². The number of benzene rings is 1. The van der Waals surface area contributed by atoms with Crippen LogP contribution in [0.4, 0.5) is 10.8 Å². The SMILES string of the molecule is CCc1ccccc1NC(=O)CSc1nnc(N(C(C)=O)C2CC2)s1. The number of anilines is 2. The van der Waals surface area contributed by atoms with Crippen LogP contribution in [0.2, 0.25) is 0 Å². The largest absolute Gasteiger partial charge is 0.325 e. The van der Waals surface area contributed by atoms with Crippen molar-refractivity contribution in [2.45, 2.75) is 43.5 Å². The van der Waals surface area contributed by atoms with Crippen LogP contribution in [0, 0.1) is 0 Å². The Morgan fingerprint density at radius 1 is 1.32 bits per heavy atom. The van der Waals surface area contributed by atoms with E-state index in [1.54, 1.807) is 11.8 Å². The van der Waals surface area contributed by atoms with Gasteiger partial charge < -0.3 is 5.32 Å². The summed E-state index contributed by atoms with van der Waals surface area (Å²) in [6.07, 6.45) is 2.90. The minimum atomic E-state index is -0.0757. The molecule has 0 saturated heterocycles. The van der Waals surface area contributed by atoms with Gasteiger partial charge in [-0.15, -0.1) is 10.2 Å². The summed E-state index contributed by atoms with van der Waals surface area (Å²) < 4.78 is 0.695. The molecule has 3 rings (SSSR count). The molecule has 1 fully saturated rings. The Morgan fingerprint density at radius 2 is 2.08 bits per heavy atom. The lowest BCUT2D eigenvalue weighted by atomic mass is 10.1. The summed E-state index contributed by atoms with van der Waals surface area (Å²) in [5, 5.41) is 11.8. The van der Waals surface area contributed by atoms with Crippen LogP contribution in [0.25, 0.3) is 0 Å². The van der Waals surface area contributed by atoms with Crippen molar-refractivity contribution in [3.05, 3.63) is 29.8 Å². The Bertz CT molecular complexity index is 774. The second kappa shape index (κ2) is 7.97. The van der Waals surface area contributed by atoms with E-state index in [1.807, 2.05) is 24.3 Å². The topological polar surface area (TPSA) is 75.2 Å². The smallest absolute Gasteiger partial charge is 0.234 e. The molecule has 1 N–H and O–H groups in total. The summed E-state index contributed by atoms with van der Waals surface area (Å²) in [5.74, 6) is 0.174. The molecule has 1 aromatic carbocycles. The van der Waals surface area contributed by atoms with E-state index in [1.165, 1.54) is 23.1 Å². The van der Waals surface area contributed by atoms with Gasteiger partial charge in [0.25, 0.3) is 0 Å². The molecule has 1 aromatic heterocycles. The molecule has 6 nitrogen and oxygen atoms in total. The molecule has 132 valence electrons. The van der Waals surface area contributed by atoms with E-state index in [-0.39, 0.29) is 23.6 Å². The maximum absolute atomic E-state index is 12.2. The Kier molecular flexibility index (Phi) is 5.70. The molecule has 1 saturated carbocycles. The molecular weight excluding hydrogens is 356 g/mol. The summed E-state index contributed by atoms with van der Waals surface area (Å²) >= 11 is 2.70. The lowest BCUT2D eigenvalue weighted by Crippen LogP contribution is -2.30. The van der Waals surface area contributed by atoms with Crippen LogP contribution in [0.15, 0.2) is 28.6 Å². The normalized spacial score (nSPS) is 13.5. The van der Waals surface area contributed by atoms with Crippen LogP contribution in [-0.2, 0) is 16.0 Å². The monoisotopic (exact) mass is 376 g/mol. The number of para-hydroxylation sites is 1. The van der Waals surface area contributed by atoms with Crippen LogP contribution in [0.5, 0.6) is 0 Å². The summed E-state index contributed by atoms with van der Waals surface area (Å²) in [6, 6.07) is 8.05. The number of carbonyl (C=O) groups is 2. The molecule has 1 heterocycles. The third-order valence-corrected chi connectivity index (χ3v) is 5.91. The van der Waals surface area contributed by atoms with Gasteiger partial charge in [-0.1, -0.05) is 48.2 Å². The van der Waals surface area contributed by atoms with Crippen molar-refractivity contribution >= 4 is 45.7 Å². The number of rotatable bonds is 7. The summed E-state index contributed by atoms with van der Waals surface area (Å²) in [5.41, 5.74) is 1.96. The van der Waals surface area contributed by atoms with E-state index in [2.05, 4.69) is 22.4 Å². The standard InChI is InChI=1S/C17H20N4O2S2/c1-3-12-6-4-5-7-14(12)18-15(23)10-24-17-20-19-16(25-17)21(11(2)22)13-8-9-13/h4-7,13H,3,8-10H2,1-2H3,(H,18,23). The first kappa shape index (κ1) is 17.9. The summed E-state index contributed by atoms with van der Waals surface area (Å²) in [6.45, 7) is 3.61. The number of hydrogen-bond donors (Lipinski definition) is 1. The number of nitrogens with zero attached hydrogens (tertiary/aromatic N) is 3. The Morgan fingerprint density at radius 3 is 2.76 bits per heavy atom. The first-order valence-corrected chi connectivity index (χ1v) is 10.0. The fourth-order valence-corrected chi connectivity index (χ4v) is 4.26. The zero-order valence-corrected chi connectivity index (χ0v) is 15.8. The van der Waals surface area contributed by atoms with E-state index in [9.17, 15) is 9.59 Å². The minimum absolute atomic E-state index is 0.0101. The summed E-state index contributed by atoms with van der Waals surface area (Å²) in [7, 11) is 0. The molecule has 25 heavy (non-hydrogen) atoms. The lowest BCUT2D eigenvalue weighted by Gasteiger charge is -2.15. The highest BCUT2D eigenvalue weighted by atomic mass is 32.2. The molecule has 0 radical (unpaired) electrons. The zero-order chi connectivity index (χ0) is 17.8. The van der Waals surface area contributed by atoms with Gasteiger partial charge in [-0.3, -0.25) is 14.5 Å². The molecule has 0 unspecified atom stereocenters. The van der Waals surface area contributed by atoms with E-state index < -0.39 is 0 Å². The molecule has 8 heteroatoms. The Balaban J connectivity index is 1.57. The van der Waals surface area contributed by atoms with Crippen LogP contribution >= 0.6 is 23.1 Å². The fourth-order valence-electron chi connectivity index (χ4n) is 2.50. The fraction of sp³-hybridized carbons (Fsp3) is 0.412. The van der Waals surface area contributed by atoms with Gasteiger partial charge in [0, 0.05) is 18.7 Å². The van der Waals surface area contributed by atoms with Crippen molar-refractivity contribution in [3.8, 4) is 0 Å². The molecule has 0 aliphatic heterocycles. The molecule has 0 atom stereocenters. The van der Waals surface area contributed by atoms with E-state index in [0.717, 1.165) is 30.5 Å². The van der Waals surface area contributed by atoms with Gasteiger partial charge in [-0.2, -0.15) is 0 Å². The lowest BCUT2D eigenvalue weighted by molar-refractivity contribution is -0.116. The number of aryl methyl sites for hydroxylation is 1. The van der Waals surface area contributed by atoms with Crippen molar-refractivity contribution in [1.82, 2.24) is 10.2 Å². The van der Waals surface area contributed by atoms with Gasteiger partial charge in [0.05, 0.1) is 5.75 Å². The number of thioether (sulfide) groups is 1. The van der Waals surface area contributed by atoms with Crippen LogP contribution in [0.1, 0.15) is 32.3 Å². The quantitative estimate of drug-likeness (QED) is 0.592. The molecule has 1 aliphatic carbocycles. The van der Waals surface area contributed by atoms with Gasteiger partial charge in [-0.25, -0.2) is 0 Å². The molecule has 1 aliphatic rings. The number of aromatic nitrogens is 2. The van der Waals surface area contributed by atoms with Crippen LogP contribution in [0.3, 0.4) is 0 Å². The number of hydrogen-bond acceptors (Lipinski definition) is 6. The number of nitrogens with one attached hydrogen (secondary N) is 1. The average molecular weight is 377 g/mol. The second-order valence-corrected chi connectivity index (χ2v) is 8.00. The Labute approximate surface area is 155 Å². The van der Waals surface area contributed by atoms with Gasteiger partial charge in [0.2, 0.25) is 16.9 Å². The third kappa shape index (κ3) is 4.58. The molecular formula is C17H20N4O2S2. The van der Waals surface area contributed by atoms with E-state index in [0.29, 0.717) is 9.47 Å². The second-order valence-electron chi connectivity index (χ2n) is 5.82. The maximum Gasteiger partial charge on any atom is 0.234 e. The number of carbonyl (C=O) groups excluding carboxylic acids is 2. The predicted molar refractivity (Wildman–Crippen MR) is 101 cm³/mol. The van der Waals surface area contributed by atoms with E-state index >= 15 is 0 Å². The van der Waals surface area contributed by atoms with Gasteiger partial charge >= 0.3 is 0 Å². The first-order chi connectivity index (χ1) is 12.1. The molecule has 2 aromatic rings. The van der Waals surface area contributed by atoms with Crippen LogP contribution in [-0.4, -0.2) is 33.8 Å². The number of amides is 2. The van der Waals surface area contributed by atoms with Crippen molar-refractivity contribution in [2.24, 2.45) is 0 Å². The molecule has 0 spiro atoms. The first-order valence-electron chi connectivity index (χ1n) is 8.22. The Hall–Kier alpha value is -1.93. The highest BCUT2D eigenvalue weighted by molar-refractivity contribution is 8.01. The predicted octanol–water partition coefficient (Wildman–Crippen LogP) is 3.35. The maximum atomic E-state index is 12.2. The highest BCUT2D eigenvalue weighted by Gasteiger charge is 2.34. The van der Waals surface area contributed by atoms with Crippen LogP contribution < -0.4 is 10.2 Å². The van der Waals surface area contributed by atoms with Gasteiger partial charge in [0.1, 0.15) is 0 Å². The molecule has 0 bridgehead atoms. The minimum Gasteiger partial charge on any atom is -0.325 e.